The molecule has 0 bridgehead atoms. The summed E-state index contributed by atoms with van der Waals surface area (Å²) in [6.45, 7) is 0.691. The standard InChI is InChI=1S/C17H16N2O2/c20-16-15-9-3-4-11-18(15)17(21)19(16)14-10-5-7-12-6-1-2-8-13(12)14/h1-2,5-8,10,15H,3-4,9,11H2. The Hall–Kier alpha value is -2.36. The number of urea groups is 1. The SMILES string of the molecule is O=C1C2CCCCN2C(=O)N1c1cccc2ccccc12. The third-order valence-corrected chi connectivity index (χ3v) is 4.45. The molecule has 4 nitrogen and oxygen atoms in total. The number of piperidine rings is 1. The quantitative estimate of drug-likeness (QED) is 0.753. The summed E-state index contributed by atoms with van der Waals surface area (Å²) in [7, 11) is 0. The number of rotatable bonds is 1. The van der Waals surface area contributed by atoms with Gasteiger partial charge in [-0.2, -0.15) is 0 Å². The zero-order valence-electron chi connectivity index (χ0n) is 11.7. The molecule has 0 N–H and O–H groups in total. The molecule has 1 atom stereocenters. The molecule has 2 aliphatic rings. The lowest BCUT2D eigenvalue weighted by atomic mass is 10.0. The minimum Gasteiger partial charge on any atom is -0.312 e. The number of anilines is 1. The van der Waals surface area contributed by atoms with Crippen molar-refractivity contribution in [2.75, 3.05) is 11.4 Å². The van der Waals surface area contributed by atoms with E-state index in [4.69, 9.17) is 0 Å². The van der Waals surface area contributed by atoms with Crippen molar-refractivity contribution in [1.29, 1.82) is 0 Å². The highest BCUT2D eigenvalue weighted by molar-refractivity contribution is 6.24. The number of nitrogens with zero attached hydrogens (tertiary/aromatic N) is 2. The molecule has 2 saturated heterocycles. The average Bonchev–Trinajstić information content (AvgIpc) is 2.79. The fourth-order valence-electron chi connectivity index (χ4n) is 3.41. The first kappa shape index (κ1) is 12.4. The molecular formula is C17H16N2O2. The monoisotopic (exact) mass is 280 g/mol. The molecule has 0 radical (unpaired) electrons. The lowest BCUT2D eigenvalue weighted by molar-refractivity contribution is -0.120. The van der Waals surface area contributed by atoms with Crippen LogP contribution in [0.5, 0.6) is 0 Å². The van der Waals surface area contributed by atoms with Crippen LogP contribution in [0.3, 0.4) is 0 Å². The van der Waals surface area contributed by atoms with Crippen molar-refractivity contribution < 1.29 is 9.59 Å². The second-order valence-corrected chi connectivity index (χ2v) is 5.66. The molecule has 0 aliphatic carbocycles. The van der Waals surface area contributed by atoms with Gasteiger partial charge in [-0.1, -0.05) is 36.4 Å². The highest BCUT2D eigenvalue weighted by atomic mass is 16.2. The van der Waals surface area contributed by atoms with Crippen LogP contribution in [0.25, 0.3) is 10.8 Å². The van der Waals surface area contributed by atoms with E-state index >= 15 is 0 Å². The molecule has 4 heteroatoms. The summed E-state index contributed by atoms with van der Waals surface area (Å²) in [5.74, 6) is -0.0731. The second-order valence-electron chi connectivity index (χ2n) is 5.66. The predicted octanol–water partition coefficient (Wildman–Crippen LogP) is 3.16. The van der Waals surface area contributed by atoms with Crippen molar-refractivity contribution in [3.8, 4) is 0 Å². The summed E-state index contributed by atoms with van der Waals surface area (Å²) < 4.78 is 0. The number of imide groups is 1. The Labute approximate surface area is 122 Å². The van der Waals surface area contributed by atoms with E-state index < -0.39 is 0 Å². The van der Waals surface area contributed by atoms with Crippen LogP contribution in [0, 0.1) is 0 Å². The van der Waals surface area contributed by atoms with Crippen molar-refractivity contribution in [2.45, 2.75) is 25.3 Å². The topological polar surface area (TPSA) is 40.6 Å². The fourth-order valence-corrected chi connectivity index (χ4v) is 3.41. The van der Waals surface area contributed by atoms with Crippen LogP contribution in [0.15, 0.2) is 42.5 Å². The van der Waals surface area contributed by atoms with Gasteiger partial charge < -0.3 is 4.90 Å². The van der Waals surface area contributed by atoms with Gasteiger partial charge in [0.05, 0.1) is 5.69 Å². The first-order valence-electron chi connectivity index (χ1n) is 7.40. The van der Waals surface area contributed by atoms with Crippen LogP contribution in [0.2, 0.25) is 0 Å². The molecule has 2 aliphatic heterocycles. The van der Waals surface area contributed by atoms with Crippen LogP contribution in [0.1, 0.15) is 19.3 Å². The van der Waals surface area contributed by atoms with Crippen molar-refractivity contribution in [3.05, 3.63) is 42.5 Å². The number of carbonyl (C=O) groups excluding carboxylic acids is 2. The van der Waals surface area contributed by atoms with Gasteiger partial charge in [0.1, 0.15) is 6.04 Å². The minimum absolute atomic E-state index is 0.0731. The zero-order valence-corrected chi connectivity index (χ0v) is 11.7. The van der Waals surface area contributed by atoms with Crippen LogP contribution in [-0.4, -0.2) is 29.4 Å². The molecule has 0 spiro atoms. The van der Waals surface area contributed by atoms with E-state index in [2.05, 4.69) is 0 Å². The molecule has 3 amide bonds. The maximum absolute atomic E-state index is 12.7. The van der Waals surface area contributed by atoms with Crippen LogP contribution < -0.4 is 4.90 Å². The van der Waals surface area contributed by atoms with Crippen molar-refractivity contribution in [3.63, 3.8) is 0 Å². The third-order valence-electron chi connectivity index (χ3n) is 4.45. The van der Waals surface area contributed by atoms with Crippen molar-refractivity contribution in [1.82, 2.24) is 4.90 Å². The highest BCUT2D eigenvalue weighted by Crippen LogP contribution is 2.34. The largest absolute Gasteiger partial charge is 0.332 e. The van der Waals surface area contributed by atoms with E-state index in [1.165, 1.54) is 4.90 Å². The summed E-state index contributed by atoms with van der Waals surface area (Å²) in [6, 6.07) is 13.2. The molecular weight excluding hydrogens is 264 g/mol. The second kappa shape index (κ2) is 4.58. The molecule has 0 aromatic heterocycles. The van der Waals surface area contributed by atoms with E-state index in [1.54, 1.807) is 4.90 Å². The maximum atomic E-state index is 12.7. The van der Waals surface area contributed by atoms with E-state index in [0.717, 1.165) is 30.0 Å². The first-order valence-corrected chi connectivity index (χ1v) is 7.40. The van der Waals surface area contributed by atoms with Crippen LogP contribution in [-0.2, 0) is 4.79 Å². The highest BCUT2D eigenvalue weighted by Gasteiger charge is 2.46. The van der Waals surface area contributed by atoms with E-state index in [1.807, 2.05) is 42.5 Å². The minimum atomic E-state index is -0.259. The summed E-state index contributed by atoms with van der Waals surface area (Å²) in [5.41, 5.74) is 0.706. The number of fused-ring (bicyclic) bond motifs is 2. The number of carbonyl (C=O) groups is 2. The van der Waals surface area contributed by atoms with Crippen molar-refractivity contribution in [2.24, 2.45) is 0 Å². The summed E-state index contributed by atoms with van der Waals surface area (Å²) >= 11 is 0. The Balaban J connectivity index is 1.85. The van der Waals surface area contributed by atoms with Gasteiger partial charge in [0.15, 0.2) is 0 Å². The Morgan fingerprint density at radius 2 is 1.76 bits per heavy atom. The lowest BCUT2D eigenvalue weighted by Crippen LogP contribution is -2.39. The van der Waals surface area contributed by atoms with E-state index in [0.29, 0.717) is 12.2 Å². The average molecular weight is 280 g/mol. The first-order chi connectivity index (χ1) is 10.3. The van der Waals surface area contributed by atoms with E-state index in [9.17, 15) is 9.59 Å². The smallest absolute Gasteiger partial charge is 0.312 e. The number of amides is 3. The van der Waals surface area contributed by atoms with Gasteiger partial charge in [-0.05, 0) is 30.7 Å². The van der Waals surface area contributed by atoms with Gasteiger partial charge in [-0.25, -0.2) is 9.69 Å². The predicted molar refractivity (Wildman–Crippen MR) is 81.2 cm³/mol. The Kier molecular flexibility index (Phi) is 2.70. The van der Waals surface area contributed by atoms with Gasteiger partial charge >= 0.3 is 6.03 Å². The summed E-state index contributed by atoms with van der Waals surface area (Å²) in [6.07, 6.45) is 2.79. The van der Waals surface area contributed by atoms with Gasteiger partial charge in [-0.3, -0.25) is 4.79 Å². The summed E-state index contributed by atoms with van der Waals surface area (Å²) in [5, 5.41) is 1.99. The molecule has 2 heterocycles. The molecule has 21 heavy (non-hydrogen) atoms. The van der Waals surface area contributed by atoms with Gasteiger partial charge in [0.2, 0.25) is 0 Å². The Morgan fingerprint density at radius 1 is 0.952 bits per heavy atom. The molecule has 2 fully saturated rings. The maximum Gasteiger partial charge on any atom is 0.332 e. The number of hydrogen-bond donors (Lipinski definition) is 0. The van der Waals surface area contributed by atoms with Crippen LogP contribution >= 0.6 is 0 Å². The molecule has 1 unspecified atom stereocenters. The molecule has 2 aromatic carbocycles. The zero-order chi connectivity index (χ0) is 14.4. The molecule has 2 aromatic rings. The van der Waals surface area contributed by atoms with Crippen molar-refractivity contribution >= 4 is 28.4 Å². The van der Waals surface area contributed by atoms with Crippen LogP contribution in [0.4, 0.5) is 10.5 Å². The third kappa shape index (κ3) is 1.75. The number of hydrogen-bond acceptors (Lipinski definition) is 2. The summed E-state index contributed by atoms with van der Waals surface area (Å²) in [4.78, 5) is 28.4. The fraction of sp³-hybridized carbons (Fsp3) is 0.294. The Morgan fingerprint density at radius 3 is 2.62 bits per heavy atom. The van der Waals surface area contributed by atoms with Gasteiger partial charge in [0.25, 0.3) is 5.91 Å². The number of benzene rings is 2. The molecule has 106 valence electrons. The van der Waals surface area contributed by atoms with E-state index in [-0.39, 0.29) is 18.0 Å². The molecule has 4 rings (SSSR count). The van der Waals surface area contributed by atoms with Gasteiger partial charge in [-0.15, -0.1) is 0 Å². The van der Waals surface area contributed by atoms with Gasteiger partial charge in [0, 0.05) is 11.9 Å². The normalized spacial score (nSPS) is 22.0. The molecule has 0 saturated carbocycles. The Bertz CT molecular complexity index is 711. The lowest BCUT2D eigenvalue weighted by Gasteiger charge is -2.26.